The Labute approximate surface area is 154 Å². The molecule has 0 bridgehead atoms. The van der Waals surface area contributed by atoms with Gasteiger partial charge in [0.05, 0.1) is 12.1 Å². The van der Waals surface area contributed by atoms with Gasteiger partial charge < -0.3 is 9.64 Å². The predicted molar refractivity (Wildman–Crippen MR) is 99.9 cm³/mol. The van der Waals surface area contributed by atoms with Crippen molar-refractivity contribution in [3.8, 4) is 11.8 Å². The molecule has 3 unspecified atom stereocenters. The molecule has 0 aromatic heterocycles. The maximum absolute atomic E-state index is 12.6. The highest BCUT2D eigenvalue weighted by Crippen LogP contribution is 2.22. The third-order valence-corrected chi connectivity index (χ3v) is 4.86. The zero-order valence-corrected chi connectivity index (χ0v) is 14.9. The van der Waals surface area contributed by atoms with Gasteiger partial charge in [0.25, 0.3) is 0 Å². The van der Waals surface area contributed by atoms with E-state index in [-0.39, 0.29) is 24.0 Å². The van der Waals surface area contributed by atoms with Gasteiger partial charge in [-0.2, -0.15) is 5.26 Å². The summed E-state index contributed by atoms with van der Waals surface area (Å²) < 4.78 is 5.92. The smallest absolute Gasteiger partial charge is 0.240 e. The van der Waals surface area contributed by atoms with Crippen LogP contribution < -0.4 is 10.1 Å². The highest BCUT2D eigenvalue weighted by atomic mass is 16.5. The Kier molecular flexibility index (Phi) is 6.45. The van der Waals surface area contributed by atoms with Crippen LogP contribution in [0, 0.1) is 11.3 Å². The fourth-order valence-corrected chi connectivity index (χ4v) is 3.48. The average Bonchev–Trinajstić information content (AvgIpc) is 3.33. The zero-order chi connectivity index (χ0) is 18.2. The van der Waals surface area contributed by atoms with E-state index in [4.69, 9.17) is 4.74 Å². The fourth-order valence-electron chi connectivity index (χ4n) is 3.48. The topological polar surface area (TPSA) is 65.4 Å². The number of carbonyl (C=O) groups excluding carboxylic acids is 1. The van der Waals surface area contributed by atoms with Crippen LogP contribution in [0.4, 0.5) is 0 Å². The number of nitrogens with zero attached hydrogens (tertiary/aromatic N) is 2. The summed E-state index contributed by atoms with van der Waals surface area (Å²) in [6.45, 7) is 1.22. The first-order valence-corrected chi connectivity index (χ1v) is 9.25. The quantitative estimate of drug-likeness (QED) is 0.906. The summed E-state index contributed by atoms with van der Waals surface area (Å²) >= 11 is 0. The van der Waals surface area contributed by atoms with E-state index >= 15 is 0 Å². The molecule has 2 aliphatic rings. The fraction of sp³-hybridized carbons (Fsp3) is 0.429. The van der Waals surface area contributed by atoms with Gasteiger partial charge in [0.15, 0.2) is 0 Å². The second-order valence-electron chi connectivity index (χ2n) is 6.71. The Morgan fingerprint density at radius 2 is 1.81 bits per heavy atom. The number of nitriles is 1. The van der Waals surface area contributed by atoms with Crippen LogP contribution in [0.25, 0.3) is 0 Å². The molecule has 5 nitrogen and oxygen atoms in total. The molecule has 1 amide bonds. The molecule has 1 aromatic carbocycles. The van der Waals surface area contributed by atoms with E-state index in [2.05, 4.69) is 11.4 Å². The number of hydrogen-bond acceptors (Lipinski definition) is 4. The van der Waals surface area contributed by atoms with Crippen LogP contribution in [0.2, 0.25) is 0 Å². The normalized spacial score (nSPS) is 24.6. The van der Waals surface area contributed by atoms with E-state index < -0.39 is 0 Å². The van der Waals surface area contributed by atoms with Crippen molar-refractivity contribution in [2.24, 2.45) is 0 Å². The number of carbonyl (C=O) groups is 1. The molecule has 1 N–H and O–H groups in total. The number of hydrogen-bond donors (Lipinski definition) is 1. The minimum Gasteiger partial charge on any atom is -0.492 e. The molecule has 0 saturated carbocycles. The first-order valence-electron chi connectivity index (χ1n) is 9.25. The van der Waals surface area contributed by atoms with Gasteiger partial charge in [-0.25, -0.2) is 0 Å². The van der Waals surface area contributed by atoms with Gasteiger partial charge >= 0.3 is 0 Å². The molecule has 2 aliphatic heterocycles. The Balaban J connectivity index is 1.54. The molecule has 2 saturated heterocycles. The molecule has 0 spiro atoms. The third-order valence-electron chi connectivity index (χ3n) is 4.86. The highest BCUT2D eigenvalue weighted by molar-refractivity contribution is 5.83. The summed E-state index contributed by atoms with van der Waals surface area (Å²) in [5.74, 6) is 0.857. The molecule has 5 heteroatoms. The summed E-state index contributed by atoms with van der Waals surface area (Å²) in [6, 6.07) is 19.5. The third kappa shape index (κ3) is 4.74. The van der Waals surface area contributed by atoms with Crippen molar-refractivity contribution in [3.05, 3.63) is 54.6 Å². The highest BCUT2D eigenvalue weighted by Gasteiger charge is 2.36. The van der Waals surface area contributed by atoms with Crippen molar-refractivity contribution in [1.82, 2.24) is 10.2 Å². The van der Waals surface area contributed by atoms with Crippen LogP contribution in [0.3, 0.4) is 0 Å². The molecular formula is C21H25N3O2. The lowest BCUT2D eigenvalue weighted by Gasteiger charge is -2.23. The number of nitrogens with one attached hydrogen (secondary N) is 1. The molecule has 136 valence electrons. The Hall–Kier alpha value is -2.58. The first-order chi connectivity index (χ1) is 12.8. The molecule has 1 aromatic rings. The van der Waals surface area contributed by atoms with E-state index in [0.29, 0.717) is 13.2 Å². The lowest BCUT2D eigenvalue weighted by molar-refractivity contribution is -0.133. The van der Waals surface area contributed by atoms with E-state index in [1.807, 2.05) is 54.6 Å². The second-order valence-corrected chi connectivity index (χ2v) is 6.71. The van der Waals surface area contributed by atoms with E-state index in [1.165, 1.54) is 0 Å². The first kappa shape index (κ1) is 18.2. The molecule has 0 aliphatic carbocycles. The maximum atomic E-state index is 12.6. The minimum absolute atomic E-state index is 0.0641. The van der Waals surface area contributed by atoms with Gasteiger partial charge in [0.2, 0.25) is 5.91 Å². The number of likely N-dealkylation sites (tertiary alicyclic amines) is 1. The Bertz CT molecular complexity index is 689. The van der Waals surface area contributed by atoms with Gasteiger partial charge in [-0.15, -0.1) is 0 Å². The number of rotatable bonds is 4. The van der Waals surface area contributed by atoms with E-state index in [1.54, 1.807) is 4.90 Å². The predicted octanol–water partition coefficient (Wildman–Crippen LogP) is 2.82. The SMILES string of the molecule is N#CC1CCCN1C(=O)C1CCC(COc2ccccccccc2)N1. The van der Waals surface area contributed by atoms with Crippen molar-refractivity contribution in [1.29, 1.82) is 5.26 Å². The van der Waals surface area contributed by atoms with Crippen molar-refractivity contribution in [2.45, 2.75) is 43.8 Å². The minimum atomic E-state index is -0.258. The van der Waals surface area contributed by atoms with Crippen LogP contribution in [0.5, 0.6) is 5.75 Å². The molecule has 2 fully saturated rings. The van der Waals surface area contributed by atoms with Gasteiger partial charge in [-0.1, -0.05) is 42.5 Å². The Morgan fingerprint density at radius 3 is 2.50 bits per heavy atom. The molecule has 2 heterocycles. The van der Waals surface area contributed by atoms with Gasteiger partial charge in [-0.05, 0) is 37.8 Å². The molecule has 3 atom stereocenters. The summed E-state index contributed by atoms with van der Waals surface area (Å²) in [7, 11) is 0. The van der Waals surface area contributed by atoms with Gasteiger partial charge in [-0.3, -0.25) is 10.1 Å². The standard InChI is InChI=1S/C21H25N3O2/c22-15-18-9-8-14-24(18)21(25)20-13-12-17(23-20)16-26-19-10-6-4-2-1-3-5-7-11-19/h1-7,10-11,17-18,20,23H,8-9,12-14,16H2. The van der Waals surface area contributed by atoms with Crippen LogP contribution in [0.1, 0.15) is 25.7 Å². The van der Waals surface area contributed by atoms with Crippen molar-refractivity contribution >= 4 is 5.91 Å². The summed E-state index contributed by atoms with van der Waals surface area (Å²) in [5.41, 5.74) is 0. The summed E-state index contributed by atoms with van der Waals surface area (Å²) in [5, 5.41) is 12.6. The van der Waals surface area contributed by atoms with Gasteiger partial charge in [0, 0.05) is 12.6 Å². The number of amides is 1. The summed E-state index contributed by atoms with van der Waals surface area (Å²) in [6.07, 6.45) is 3.40. The second kappa shape index (κ2) is 9.21. The van der Waals surface area contributed by atoms with Gasteiger partial charge in [0.1, 0.15) is 18.4 Å². The molecule has 26 heavy (non-hydrogen) atoms. The zero-order valence-electron chi connectivity index (χ0n) is 14.9. The van der Waals surface area contributed by atoms with Crippen molar-refractivity contribution in [3.63, 3.8) is 0 Å². The molecular weight excluding hydrogens is 326 g/mol. The largest absolute Gasteiger partial charge is 0.492 e. The lowest BCUT2D eigenvalue weighted by atomic mass is 10.1. The van der Waals surface area contributed by atoms with Crippen LogP contribution in [-0.2, 0) is 4.79 Å². The summed E-state index contributed by atoms with van der Waals surface area (Å²) in [4.78, 5) is 14.4. The van der Waals surface area contributed by atoms with Crippen LogP contribution in [0.15, 0.2) is 54.6 Å². The maximum Gasteiger partial charge on any atom is 0.240 e. The Morgan fingerprint density at radius 1 is 1.12 bits per heavy atom. The van der Waals surface area contributed by atoms with Crippen LogP contribution >= 0.6 is 0 Å². The van der Waals surface area contributed by atoms with E-state index in [9.17, 15) is 10.1 Å². The number of ether oxygens (including phenoxy) is 1. The molecule has 3 rings (SSSR count). The van der Waals surface area contributed by atoms with Crippen LogP contribution in [-0.4, -0.2) is 42.1 Å². The lowest BCUT2D eigenvalue weighted by Crippen LogP contribution is -2.47. The molecule has 0 radical (unpaired) electrons. The monoisotopic (exact) mass is 351 g/mol. The van der Waals surface area contributed by atoms with Crippen molar-refractivity contribution in [2.75, 3.05) is 13.2 Å². The van der Waals surface area contributed by atoms with E-state index in [0.717, 1.165) is 31.4 Å². The average molecular weight is 351 g/mol. The van der Waals surface area contributed by atoms with Crippen molar-refractivity contribution < 1.29 is 9.53 Å².